The van der Waals surface area contributed by atoms with Crippen LogP contribution in [0.2, 0.25) is 10.0 Å². The standard InChI is InChI=1S/C19H17Cl2N5O/c1-12(15-3-2-14(20)8-16(15)21)26-19-18(10-23-26)22-9-17(24-19)13-4-6-25(11-27)7-5-13/h2-4,8-12H,5-7H2,1H3/t12-/m1/s1. The van der Waals surface area contributed by atoms with Crippen LogP contribution in [-0.2, 0) is 4.79 Å². The van der Waals surface area contributed by atoms with E-state index >= 15 is 0 Å². The molecule has 1 aliphatic rings. The highest BCUT2D eigenvalue weighted by Crippen LogP contribution is 2.30. The lowest BCUT2D eigenvalue weighted by Gasteiger charge is -2.22. The van der Waals surface area contributed by atoms with Crippen molar-refractivity contribution in [2.45, 2.75) is 19.4 Å². The molecular weight excluding hydrogens is 385 g/mol. The molecule has 2 aromatic heterocycles. The van der Waals surface area contributed by atoms with Crippen molar-refractivity contribution in [2.24, 2.45) is 0 Å². The van der Waals surface area contributed by atoms with Gasteiger partial charge in [0.25, 0.3) is 0 Å². The largest absolute Gasteiger partial charge is 0.341 e. The highest BCUT2D eigenvalue weighted by Gasteiger charge is 2.19. The SMILES string of the molecule is C[C@H](c1ccc(Cl)cc1Cl)n1ncc2ncc(C3=CCN(C=O)CC3)nc21. The number of amides is 1. The molecule has 1 atom stereocenters. The Morgan fingerprint density at radius 2 is 2.11 bits per heavy atom. The maximum Gasteiger partial charge on any atom is 0.209 e. The van der Waals surface area contributed by atoms with E-state index in [2.05, 4.69) is 10.1 Å². The minimum atomic E-state index is -0.122. The van der Waals surface area contributed by atoms with Crippen molar-refractivity contribution >= 4 is 46.3 Å². The fourth-order valence-electron chi connectivity index (χ4n) is 3.24. The number of carbonyl (C=O) groups excluding carboxylic acids is 1. The molecular formula is C19H17Cl2N5O. The molecule has 1 amide bonds. The van der Waals surface area contributed by atoms with Gasteiger partial charge in [0.15, 0.2) is 5.65 Å². The zero-order chi connectivity index (χ0) is 19.0. The van der Waals surface area contributed by atoms with E-state index in [1.54, 1.807) is 23.4 Å². The van der Waals surface area contributed by atoms with Gasteiger partial charge in [0, 0.05) is 23.1 Å². The molecule has 0 radical (unpaired) electrons. The Morgan fingerprint density at radius 3 is 2.81 bits per heavy atom. The van der Waals surface area contributed by atoms with Crippen LogP contribution >= 0.6 is 23.2 Å². The number of hydrogen-bond acceptors (Lipinski definition) is 4. The van der Waals surface area contributed by atoms with E-state index in [1.807, 2.05) is 29.8 Å². The first kappa shape index (κ1) is 17.9. The van der Waals surface area contributed by atoms with Crippen molar-refractivity contribution in [3.63, 3.8) is 0 Å². The second-order valence-electron chi connectivity index (χ2n) is 6.47. The predicted octanol–water partition coefficient (Wildman–Crippen LogP) is 3.99. The van der Waals surface area contributed by atoms with Crippen molar-refractivity contribution in [1.29, 1.82) is 0 Å². The summed E-state index contributed by atoms with van der Waals surface area (Å²) in [6.07, 6.45) is 7.11. The van der Waals surface area contributed by atoms with Crippen LogP contribution < -0.4 is 0 Å². The van der Waals surface area contributed by atoms with Gasteiger partial charge in [0.05, 0.1) is 24.1 Å². The number of benzene rings is 1. The molecule has 4 rings (SSSR count). The van der Waals surface area contributed by atoms with E-state index in [0.29, 0.717) is 28.8 Å². The number of nitrogens with zero attached hydrogens (tertiary/aromatic N) is 5. The lowest BCUT2D eigenvalue weighted by molar-refractivity contribution is -0.117. The second kappa shape index (κ2) is 7.29. The molecule has 1 aliphatic heterocycles. The molecule has 6 nitrogen and oxygen atoms in total. The van der Waals surface area contributed by atoms with Gasteiger partial charge in [-0.3, -0.25) is 4.79 Å². The van der Waals surface area contributed by atoms with E-state index in [1.165, 1.54) is 0 Å². The van der Waals surface area contributed by atoms with E-state index in [4.69, 9.17) is 28.2 Å². The van der Waals surface area contributed by atoms with Gasteiger partial charge in [-0.1, -0.05) is 35.3 Å². The number of rotatable bonds is 4. The van der Waals surface area contributed by atoms with Crippen LogP contribution in [-0.4, -0.2) is 44.1 Å². The summed E-state index contributed by atoms with van der Waals surface area (Å²) in [7, 11) is 0. The van der Waals surface area contributed by atoms with Gasteiger partial charge in [0.1, 0.15) is 5.52 Å². The van der Waals surface area contributed by atoms with Crippen LogP contribution in [0.3, 0.4) is 0 Å². The van der Waals surface area contributed by atoms with Gasteiger partial charge in [-0.2, -0.15) is 5.10 Å². The van der Waals surface area contributed by atoms with Crippen molar-refractivity contribution in [3.05, 3.63) is 58.0 Å². The Hall–Kier alpha value is -2.44. The molecule has 0 fully saturated rings. The normalized spacial score (nSPS) is 15.7. The van der Waals surface area contributed by atoms with E-state index in [0.717, 1.165) is 35.2 Å². The average molecular weight is 402 g/mol. The molecule has 0 N–H and O–H groups in total. The van der Waals surface area contributed by atoms with Crippen LogP contribution in [0, 0.1) is 0 Å². The maximum atomic E-state index is 10.9. The molecule has 0 saturated heterocycles. The molecule has 138 valence electrons. The number of fused-ring (bicyclic) bond motifs is 1. The topological polar surface area (TPSA) is 63.9 Å². The Kier molecular flexibility index (Phi) is 4.85. The molecule has 3 aromatic rings. The van der Waals surface area contributed by atoms with Gasteiger partial charge < -0.3 is 4.90 Å². The van der Waals surface area contributed by atoms with Crippen molar-refractivity contribution < 1.29 is 4.79 Å². The van der Waals surface area contributed by atoms with Gasteiger partial charge >= 0.3 is 0 Å². The third-order valence-corrected chi connectivity index (χ3v) is 5.36. The Labute approximate surface area is 166 Å². The van der Waals surface area contributed by atoms with Crippen molar-refractivity contribution in [2.75, 3.05) is 13.1 Å². The highest BCUT2D eigenvalue weighted by molar-refractivity contribution is 6.35. The molecule has 3 heterocycles. The van der Waals surface area contributed by atoms with E-state index < -0.39 is 0 Å². The summed E-state index contributed by atoms with van der Waals surface area (Å²) in [5.74, 6) is 0. The zero-order valence-corrected chi connectivity index (χ0v) is 16.2. The number of aromatic nitrogens is 4. The minimum Gasteiger partial charge on any atom is -0.341 e. The van der Waals surface area contributed by atoms with Crippen LogP contribution in [0.25, 0.3) is 16.7 Å². The first-order valence-corrected chi connectivity index (χ1v) is 9.36. The Balaban J connectivity index is 1.72. The van der Waals surface area contributed by atoms with Crippen LogP contribution in [0.1, 0.15) is 30.6 Å². The van der Waals surface area contributed by atoms with Crippen molar-refractivity contribution in [3.8, 4) is 0 Å². The molecule has 0 aliphatic carbocycles. The van der Waals surface area contributed by atoms with Crippen LogP contribution in [0.4, 0.5) is 0 Å². The molecule has 0 unspecified atom stereocenters. The summed E-state index contributed by atoms with van der Waals surface area (Å²) in [6.45, 7) is 3.29. The Morgan fingerprint density at radius 1 is 1.26 bits per heavy atom. The third-order valence-electron chi connectivity index (χ3n) is 4.80. The van der Waals surface area contributed by atoms with Gasteiger partial charge in [-0.05, 0) is 36.6 Å². The third kappa shape index (κ3) is 3.42. The summed E-state index contributed by atoms with van der Waals surface area (Å²) in [6, 6.07) is 5.32. The first-order chi connectivity index (χ1) is 13.1. The quantitative estimate of drug-likeness (QED) is 0.619. The molecule has 0 bridgehead atoms. The van der Waals surface area contributed by atoms with Gasteiger partial charge in [-0.15, -0.1) is 0 Å². The molecule has 1 aromatic carbocycles. The summed E-state index contributed by atoms with van der Waals surface area (Å²) < 4.78 is 1.82. The van der Waals surface area contributed by atoms with Crippen LogP contribution in [0.5, 0.6) is 0 Å². The summed E-state index contributed by atoms with van der Waals surface area (Å²) in [4.78, 5) is 21.9. The smallest absolute Gasteiger partial charge is 0.209 e. The Bertz CT molecular complexity index is 1050. The highest BCUT2D eigenvalue weighted by atomic mass is 35.5. The van der Waals surface area contributed by atoms with E-state index in [9.17, 15) is 4.79 Å². The molecule has 27 heavy (non-hydrogen) atoms. The van der Waals surface area contributed by atoms with Crippen LogP contribution in [0.15, 0.2) is 36.7 Å². The molecule has 0 saturated carbocycles. The summed E-state index contributed by atoms with van der Waals surface area (Å²) in [5.41, 5.74) is 4.24. The first-order valence-electron chi connectivity index (χ1n) is 8.61. The van der Waals surface area contributed by atoms with E-state index in [-0.39, 0.29) is 6.04 Å². The number of hydrogen-bond donors (Lipinski definition) is 0. The fraction of sp³-hybridized carbons (Fsp3) is 0.263. The fourth-order valence-corrected chi connectivity index (χ4v) is 3.81. The monoisotopic (exact) mass is 401 g/mol. The van der Waals surface area contributed by atoms with Gasteiger partial charge in [0.2, 0.25) is 6.41 Å². The molecule has 8 heteroatoms. The second-order valence-corrected chi connectivity index (χ2v) is 7.32. The minimum absolute atomic E-state index is 0.122. The lowest BCUT2D eigenvalue weighted by atomic mass is 10.1. The summed E-state index contributed by atoms with van der Waals surface area (Å²) in [5, 5.41) is 5.66. The number of halogens is 2. The lowest BCUT2D eigenvalue weighted by Crippen LogP contribution is -2.27. The molecule has 0 spiro atoms. The number of carbonyl (C=O) groups is 1. The zero-order valence-electron chi connectivity index (χ0n) is 14.6. The maximum absolute atomic E-state index is 10.9. The summed E-state index contributed by atoms with van der Waals surface area (Å²) >= 11 is 12.4. The van der Waals surface area contributed by atoms with Crippen molar-refractivity contribution in [1.82, 2.24) is 24.6 Å². The van der Waals surface area contributed by atoms with Gasteiger partial charge in [-0.25, -0.2) is 14.6 Å². The predicted molar refractivity (Wildman–Crippen MR) is 106 cm³/mol. The average Bonchev–Trinajstić information content (AvgIpc) is 3.11.